The van der Waals surface area contributed by atoms with E-state index in [0.29, 0.717) is 18.9 Å². The number of H-pyrrole nitrogens is 1. The Morgan fingerprint density at radius 2 is 1.90 bits per heavy atom. The molecule has 5 rings (SSSR count). The van der Waals surface area contributed by atoms with Gasteiger partial charge < -0.3 is 9.64 Å². The molecule has 0 radical (unpaired) electrons. The minimum atomic E-state index is -0.0116. The first-order valence-electron chi connectivity index (χ1n) is 10.5. The summed E-state index contributed by atoms with van der Waals surface area (Å²) in [6.45, 7) is 7.86. The lowest BCUT2D eigenvalue weighted by Crippen LogP contribution is -2.47. The first-order valence-corrected chi connectivity index (χ1v) is 10.5. The van der Waals surface area contributed by atoms with Crippen molar-refractivity contribution in [2.45, 2.75) is 45.6 Å². The van der Waals surface area contributed by atoms with Gasteiger partial charge in [-0.15, -0.1) is 0 Å². The van der Waals surface area contributed by atoms with Gasteiger partial charge in [0.15, 0.2) is 0 Å². The molecule has 0 spiro atoms. The maximum atomic E-state index is 12.7. The molecular formula is C22H26N6O2. The summed E-state index contributed by atoms with van der Waals surface area (Å²) in [7, 11) is 0. The quantitative estimate of drug-likeness (QED) is 0.711. The zero-order valence-corrected chi connectivity index (χ0v) is 17.3. The van der Waals surface area contributed by atoms with Gasteiger partial charge in [-0.2, -0.15) is 0 Å². The van der Waals surface area contributed by atoms with Crippen LogP contribution in [0.1, 0.15) is 30.7 Å². The number of nitrogens with zero attached hydrogens (tertiary/aromatic N) is 5. The number of nitrogens with one attached hydrogen (secondary N) is 1. The summed E-state index contributed by atoms with van der Waals surface area (Å²) in [5.74, 6) is 0.656. The molecule has 2 aliphatic rings. The van der Waals surface area contributed by atoms with Gasteiger partial charge in [-0.25, -0.2) is 4.98 Å². The molecule has 0 aliphatic carbocycles. The van der Waals surface area contributed by atoms with E-state index in [1.54, 1.807) is 12.4 Å². The minimum absolute atomic E-state index is 0.0116. The molecule has 2 aliphatic heterocycles. The standard InChI is InChI=1S/C22H26N6O2/c1-14-10-28(11-15(2)30-14)22-25-20-13-27(8-5-17(20)21(29)26-22)12-16-3-4-18-19(9-16)24-7-6-23-18/h3-4,6-7,9,14-15H,5,8,10-13H2,1-2H3,(H,25,26,29)/t14-,15-/m0/s1. The van der Waals surface area contributed by atoms with Crippen LogP contribution in [0.5, 0.6) is 0 Å². The Kier molecular flexibility index (Phi) is 4.96. The van der Waals surface area contributed by atoms with Crippen molar-refractivity contribution in [1.82, 2.24) is 24.8 Å². The number of anilines is 1. The highest BCUT2D eigenvalue weighted by atomic mass is 16.5. The molecule has 1 aromatic carbocycles. The van der Waals surface area contributed by atoms with Crippen LogP contribution in [-0.4, -0.2) is 56.7 Å². The van der Waals surface area contributed by atoms with Crippen molar-refractivity contribution in [1.29, 1.82) is 0 Å². The van der Waals surface area contributed by atoms with Gasteiger partial charge in [0.05, 0.1) is 28.9 Å². The minimum Gasteiger partial charge on any atom is -0.372 e. The molecular weight excluding hydrogens is 380 g/mol. The van der Waals surface area contributed by atoms with Crippen LogP contribution >= 0.6 is 0 Å². The smallest absolute Gasteiger partial charge is 0.255 e. The van der Waals surface area contributed by atoms with Crippen LogP contribution in [0.15, 0.2) is 35.4 Å². The Labute approximate surface area is 174 Å². The summed E-state index contributed by atoms with van der Waals surface area (Å²) in [5, 5.41) is 0. The van der Waals surface area contributed by atoms with Crippen LogP contribution in [0.4, 0.5) is 5.95 Å². The molecule has 156 valence electrons. The van der Waals surface area contributed by atoms with Crippen LogP contribution in [0.3, 0.4) is 0 Å². The van der Waals surface area contributed by atoms with E-state index in [0.717, 1.165) is 48.5 Å². The highest BCUT2D eigenvalue weighted by Crippen LogP contribution is 2.21. The summed E-state index contributed by atoms with van der Waals surface area (Å²) < 4.78 is 5.82. The van der Waals surface area contributed by atoms with E-state index in [1.165, 1.54) is 5.56 Å². The molecule has 1 N–H and O–H groups in total. The monoisotopic (exact) mass is 406 g/mol. The zero-order chi connectivity index (χ0) is 20.7. The van der Waals surface area contributed by atoms with E-state index in [9.17, 15) is 4.79 Å². The number of aromatic nitrogens is 4. The third kappa shape index (κ3) is 3.80. The summed E-state index contributed by atoms with van der Waals surface area (Å²) in [5.41, 5.74) is 4.67. The van der Waals surface area contributed by atoms with Gasteiger partial charge >= 0.3 is 0 Å². The Hall–Kier alpha value is -2.84. The number of fused-ring (bicyclic) bond motifs is 2. The molecule has 2 aromatic heterocycles. The fraction of sp³-hybridized carbons (Fsp3) is 0.455. The summed E-state index contributed by atoms with van der Waals surface area (Å²) in [6, 6.07) is 6.20. The molecule has 2 atom stereocenters. The number of aromatic amines is 1. The van der Waals surface area contributed by atoms with Crippen LogP contribution < -0.4 is 10.5 Å². The molecule has 8 nitrogen and oxygen atoms in total. The van der Waals surface area contributed by atoms with Gasteiger partial charge in [0.2, 0.25) is 5.95 Å². The third-order valence-electron chi connectivity index (χ3n) is 5.80. The van der Waals surface area contributed by atoms with Crippen molar-refractivity contribution < 1.29 is 4.74 Å². The van der Waals surface area contributed by atoms with Gasteiger partial charge in [-0.05, 0) is 38.0 Å². The number of ether oxygens (including phenoxy) is 1. The van der Waals surface area contributed by atoms with Crippen molar-refractivity contribution in [3.8, 4) is 0 Å². The van der Waals surface area contributed by atoms with E-state index >= 15 is 0 Å². The number of morpholine rings is 1. The number of hydrogen-bond acceptors (Lipinski definition) is 7. The van der Waals surface area contributed by atoms with Crippen molar-refractivity contribution in [2.24, 2.45) is 0 Å². The van der Waals surface area contributed by atoms with Gasteiger partial charge in [-0.1, -0.05) is 6.07 Å². The molecule has 0 amide bonds. The van der Waals surface area contributed by atoms with Crippen LogP contribution in [0.25, 0.3) is 11.0 Å². The molecule has 3 aromatic rings. The summed E-state index contributed by atoms with van der Waals surface area (Å²) >= 11 is 0. The molecule has 8 heteroatoms. The molecule has 30 heavy (non-hydrogen) atoms. The Bertz CT molecular complexity index is 1120. The van der Waals surface area contributed by atoms with Crippen molar-refractivity contribution in [3.05, 3.63) is 57.8 Å². The lowest BCUT2D eigenvalue weighted by atomic mass is 10.1. The highest BCUT2D eigenvalue weighted by molar-refractivity contribution is 5.74. The lowest BCUT2D eigenvalue weighted by molar-refractivity contribution is -0.00576. The maximum Gasteiger partial charge on any atom is 0.255 e. The number of hydrogen-bond donors (Lipinski definition) is 1. The number of benzene rings is 1. The molecule has 0 saturated carbocycles. The Balaban J connectivity index is 1.37. The van der Waals surface area contributed by atoms with Crippen molar-refractivity contribution in [2.75, 3.05) is 24.5 Å². The molecule has 0 unspecified atom stereocenters. The van der Waals surface area contributed by atoms with E-state index in [-0.39, 0.29) is 17.8 Å². The summed E-state index contributed by atoms with van der Waals surface area (Å²) in [6.07, 6.45) is 4.36. The zero-order valence-electron chi connectivity index (χ0n) is 17.3. The molecule has 1 fully saturated rings. The molecule has 4 heterocycles. The predicted molar refractivity (Wildman–Crippen MR) is 114 cm³/mol. The first kappa shape index (κ1) is 19.1. The second-order valence-electron chi connectivity index (χ2n) is 8.32. The van der Waals surface area contributed by atoms with E-state index < -0.39 is 0 Å². The fourth-order valence-electron chi connectivity index (χ4n) is 4.48. The van der Waals surface area contributed by atoms with Crippen molar-refractivity contribution in [3.63, 3.8) is 0 Å². The van der Waals surface area contributed by atoms with Crippen LogP contribution in [0, 0.1) is 0 Å². The van der Waals surface area contributed by atoms with Gasteiger partial charge in [0.1, 0.15) is 0 Å². The SMILES string of the molecule is C[C@H]1CN(c2nc3c(c(=O)[nH]2)CCN(Cc2ccc4nccnc4c2)C3)C[C@H](C)O1. The van der Waals surface area contributed by atoms with Crippen LogP contribution in [0.2, 0.25) is 0 Å². The van der Waals surface area contributed by atoms with Crippen molar-refractivity contribution >= 4 is 17.0 Å². The van der Waals surface area contributed by atoms with Gasteiger partial charge in [0, 0.05) is 50.7 Å². The normalized spacial score (nSPS) is 22.3. The summed E-state index contributed by atoms with van der Waals surface area (Å²) in [4.78, 5) is 33.8. The second kappa shape index (κ2) is 7.77. The number of rotatable bonds is 3. The molecule has 0 bridgehead atoms. The van der Waals surface area contributed by atoms with Gasteiger partial charge in [-0.3, -0.25) is 24.6 Å². The Morgan fingerprint density at radius 1 is 1.13 bits per heavy atom. The first-order chi connectivity index (χ1) is 14.5. The topological polar surface area (TPSA) is 87.2 Å². The average molecular weight is 406 g/mol. The lowest BCUT2D eigenvalue weighted by Gasteiger charge is -2.36. The predicted octanol–water partition coefficient (Wildman–Crippen LogP) is 1.88. The van der Waals surface area contributed by atoms with E-state index in [2.05, 4.69) is 50.7 Å². The maximum absolute atomic E-state index is 12.7. The second-order valence-corrected chi connectivity index (χ2v) is 8.32. The largest absolute Gasteiger partial charge is 0.372 e. The molecule has 1 saturated heterocycles. The Morgan fingerprint density at radius 3 is 2.70 bits per heavy atom. The van der Waals surface area contributed by atoms with E-state index in [1.807, 2.05) is 6.07 Å². The third-order valence-corrected chi connectivity index (χ3v) is 5.80. The highest BCUT2D eigenvalue weighted by Gasteiger charge is 2.27. The average Bonchev–Trinajstić information content (AvgIpc) is 2.73. The fourth-order valence-corrected chi connectivity index (χ4v) is 4.48. The van der Waals surface area contributed by atoms with Gasteiger partial charge in [0.25, 0.3) is 5.56 Å². The van der Waals surface area contributed by atoms with E-state index in [4.69, 9.17) is 9.72 Å². The van der Waals surface area contributed by atoms with Crippen LogP contribution in [-0.2, 0) is 24.2 Å².